The molecule has 2 heterocycles. The number of hydrogen-bond acceptors (Lipinski definition) is 4. The topological polar surface area (TPSA) is 38.2 Å². The Labute approximate surface area is 130 Å². The molecular weight excluding hydrogens is 281 g/mol. The van der Waals surface area contributed by atoms with Gasteiger partial charge in [-0.3, -0.25) is 4.90 Å². The quantitative estimate of drug-likeness (QED) is 0.870. The molecule has 1 aromatic carbocycles. The van der Waals surface area contributed by atoms with Crippen LogP contribution >= 0.6 is 0 Å². The van der Waals surface area contributed by atoms with Crippen molar-refractivity contribution >= 4 is 0 Å². The van der Waals surface area contributed by atoms with Crippen molar-refractivity contribution in [1.82, 2.24) is 14.9 Å². The van der Waals surface area contributed by atoms with Crippen LogP contribution in [0.1, 0.15) is 29.4 Å². The lowest BCUT2D eigenvalue weighted by Gasteiger charge is -2.16. The predicted octanol–water partition coefficient (Wildman–Crippen LogP) is 2.92. The largest absolute Gasteiger partial charge is 0.497 e. The normalized spacial score (nSPS) is 18.6. The number of methoxy groups -OCH3 is 1. The Morgan fingerprint density at radius 2 is 2.23 bits per heavy atom. The molecule has 0 spiro atoms. The fraction of sp³-hybridized carbons (Fsp3) is 0.412. The summed E-state index contributed by atoms with van der Waals surface area (Å²) in [5, 5.41) is 0. The number of aromatic nitrogens is 2. The van der Waals surface area contributed by atoms with Crippen molar-refractivity contribution in [3.8, 4) is 5.75 Å². The van der Waals surface area contributed by atoms with Crippen LogP contribution in [0, 0.1) is 12.7 Å². The predicted molar refractivity (Wildman–Crippen MR) is 82.4 cm³/mol. The molecule has 1 aromatic heterocycles. The van der Waals surface area contributed by atoms with E-state index in [1.807, 2.05) is 19.2 Å². The Hall–Kier alpha value is -2.01. The lowest BCUT2D eigenvalue weighted by atomic mass is 10.1. The highest BCUT2D eigenvalue weighted by molar-refractivity contribution is 5.29. The van der Waals surface area contributed by atoms with Crippen molar-refractivity contribution in [1.29, 1.82) is 0 Å². The zero-order chi connectivity index (χ0) is 15.5. The first-order chi connectivity index (χ1) is 10.7. The molecule has 0 radical (unpaired) electrons. The highest BCUT2D eigenvalue weighted by Gasteiger charge is 2.26. The van der Waals surface area contributed by atoms with Crippen molar-refractivity contribution in [2.45, 2.75) is 25.8 Å². The van der Waals surface area contributed by atoms with Gasteiger partial charge in [-0.1, -0.05) is 6.07 Å². The molecule has 1 aliphatic heterocycles. The minimum absolute atomic E-state index is 0.213. The first kappa shape index (κ1) is 14.9. The maximum atomic E-state index is 14.0. The van der Waals surface area contributed by atoms with Crippen molar-refractivity contribution < 1.29 is 9.13 Å². The van der Waals surface area contributed by atoms with Gasteiger partial charge in [-0.15, -0.1) is 0 Å². The van der Waals surface area contributed by atoms with Gasteiger partial charge in [-0.25, -0.2) is 14.4 Å². The van der Waals surface area contributed by atoms with Crippen LogP contribution in [-0.4, -0.2) is 35.1 Å². The lowest BCUT2D eigenvalue weighted by Crippen LogP contribution is -2.21. The molecular formula is C17H20FN3O. The second-order valence-electron chi connectivity index (χ2n) is 5.73. The monoisotopic (exact) mass is 301 g/mol. The molecule has 1 aliphatic rings. The number of likely N-dealkylation sites (tertiary alicyclic amines) is 1. The van der Waals surface area contributed by atoms with Crippen molar-refractivity contribution in [3.63, 3.8) is 0 Å². The highest BCUT2D eigenvalue weighted by Crippen LogP contribution is 2.27. The van der Waals surface area contributed by atoms with Crippen LogP contribution in [0.25, 0.3) is 0 Å². The fourth-order valence-corrected chi connectivity index (χ4v) is 2.88. The summed E-state index contributed by atoms with van der Waals surface area (Å²) in [7, 11) is 1.54. The van der Waals surface area contributed by atoms with E-state index < -0.39 is 0 Å². The van der Waals surface area contributed by atoms with E-state index in [4.69, 9.17) is 4.74 Å². The van der Waals surface area contributed by atoms with Crippen LogP contribution in [0.2, 0.25) is 0 Å². The average molecular weight is 301 g/mol. The maximum Gasteiger partial charge on any atom is 0.132 e. The summed E-state index contributed by atoms with van der Waals surface area (Å²) in [6, 6.07) is 6.94. The molecule has 22 heavy (non-hydrogen) atoms. The average Bonchev–Trinajstić information content (AvgIpc) is 2.98. The molecule has 1 atom stereocenters. The van der Waals surface area contributed by atoms with Crippen LogP contribution in [0.5, 0.6) is 5.75 Å². The van der Waals surface area contributed by atoms with Crippen LogP contribution in [0.4, 0.5) is 4.39 Å². The number of nitrogens with zero attached hydrogens (tertiary/aromatic N) is 3. The molecule has 0 bridgehead atoms. The Morgan fingerprint density at radius 3 is 2.95 bits per heavy atom. The molecule has 0 amide bonds. The number of hydrogen-bond donors (Lipinski definition) is 0. The van der Waals surface area contributed by atoms with E-state index in [1.165, 1.54) is 6.07 Å². The molecule has 0 saturated carbocycles. The number of halogens is 1. The zero-order valence-electron chi connectivity index (χ0n) is 12.9. The van der Waals surface area contributed by atoms with Gasteiger partial charge in [0.05, 0.1) is 7.11 Å². The number of ether oxygens (including phenoxy) is 1. The first-order valence-corrected chi connectivity index (χ1v) is 7.50. The fourth-order valence-electron chi connectivity index (χ4n) is 2.88. The summed E-state index contributed by atoms with van der Waals surface area (Å²) in [5.41, 5.74) is 1.69. The first-order valence-electron chi connectivity index (χ1n) is 7.50. The molecule has 116 valence electrons. The van der Waals surface area contributed by atoms with Gasteiger partial charge < -0.3 is 4.74 Å². The highest BCUT2D eigenvalue weighted by atomic mass is 19.1. The molecule has 1 fully saturated rings. The van der Waals surface area contributed by atoms with Crippen molar-refractivity contribution in [3.05, 3.63) is 53.4 Å². The van der Waals surface area contributed by atoms with Gasteiger partial charge in [-0.05, 0) is 32.0 Å². The number of rotatable bonds is 4. The van der Waals surface area contributed by atoms with E-state index in [9.17, 15) is 4.39 Å². The van der Waals surface area contributed by atoms with E-state index >= 15 is 0 Å². The third-order valence-corrected chi connectivity index (χ3v) is 4.11. The van der Waals surface area contributed by atoms with Gasteiger partial charge in [0, 0.05) is 42.5 Å². The summed E-state index contributed by atoms with van der Waals surface area (Å²) >= 11 is 0. The van der Waals surface area contributed by atoms with Gasteiger partial charge in [-0.2, -0.15) is 0 Å². The van der Waals surface area contributed by atoms with Gasteiger partial charge >= 0.3 is 0 Å². The second kappa shape index (κ2) is 6.40. The van der Waals surface area contributed by atoms with Crippen molar-refractivity contribution in [2.24, 2.45) is 0 Å². The van der Waals surface area contributed by atoms with Gasteiger partial charge in [0.15, 0.2) is 0 Å². The Bertz CT molecular complexity index is 662. The summed E-state index contributed by atoms with van der Waals surface area (Å²) in [6.45, 7) is 4.39. The summed E-state index contributed by atoms with van der Waals surface area (Å²) in [4.78, 5) is 11.1. The second-order valence-corrected chi connectivity index (χ2v) is 5.73. The van der Waals surface area contributed by atoms with Gasteiger partial charge in [0.2, 0.25) is 0 Å². The Morgan fingerprint density at radius 1 is 1.36 bits per heavy atom. The smallest absolute Gasteiger partial charge is 0.132 e. The lowest BCUT2D eigenvalue weighted by molar-refractivity contribution is 0.319. The summed E-state index contributed by atoms with van der Waals surface area (Å²) < 4.78 is 19.1. The van der Waals surface area contributed by atoms with E-state index in [1.54, 1.807) is 19.2 Å². The SMILES string of the molecule is COc1ccc(CN2CCC(c3nccc(C)n3)C2)c(F)c1. The summed E-state index contributed by atoms with van der Waals surface area (Å²) in [6.07, 6.45) is 2.82. The van der Waals surface area contributed by atoms with E-state index in [-0.39, 0.29) is 5.82 Å². The van der Waals surface area contributed by atoms with Crippen LogP contribution in [0.3, 0.4) is 0 Å². The molecule has 1 unspecified atom stereocenters. The molecule has 0 aliphatic carbocycles. The zero-order valence-corrected chi connectivity index (χ0v) is 12.9. The minimum atomic E-state index is -0.213. The Balaban J connectivity index is 1.66. The minimum Gasteiger partial charge on any atom is -0.497 e. The van der Waals surface area contributed by atoms with E-state index in [0.717, 1.165) is 31.0 Å². The van der Waals surface area contributed by atoms with Crippen LogP contribution in [-0.2, 0) is 6.54 Å². The Kier molecular flexibility index (Phi) is 4.34. The molecule has 5 heteroatoms. The van der Waals surface area contributed by atoms with Crippen LogP contribution in [0.15, 0.2) is 30.5 Å². The van der Waals surface area contributed by atoms with E-state index in [2.05, 4.69) is 14.9 Å². The van der Waals surface area contributed by atoms with E-state index in [0.29, 0.717) is 23.8 Å². The van der Waals surface area contributed by atoms with Crippen LogP contribution < -0.4 is 4.74 Å². The summed E-state index contributed by atoms with van der Waals surface area (Å²) in [5.74, 6) is 1.57. The number of aryl methyl sites for hydroxylation is 1. The number of benzene rings is 1. The maximum absolute atomic E-state index is 14.0. The molecule has 0 N–H and O–H groups in total. The van der Waals surface area contributed by atoms with Gasteiger partial charge in [0.1, 0.15) is 17.4 Å². The van der Waals surface area contributed by atoms with Gasteiger partial charge in [0.25, 0.3) is 0 Å². The van der Waals surface area contributed by atoms with Crippen molar-refractivity contribution in [2.75, 3.05) is 20.2 Å². The third kappa shape index (κ3) is 3.25. The standard InChI is InChI=1S/C17H20FN3O/c1-12-5-7-19-17(20-12)14-6-8-21(11-14)10-13-3-4-15(22-2)9-16(13)18/h3-5,7,9,14H,6,8,10-11H2,1-2H3. The molecule has 3 rings (SSSR count). The third-order valence-electron chi connectivity index (χ3n) is 4.11. The molecule has 4 nitrogen and oxygen atoms in total. The molecule has 1 saturated heterocycles. The molecule has 2 aromatic rings.